The van der Waals surface area contributed by atoms with Crippen LogP contribution in [0.2, 0.25) is 0 Å². The Labute approximate surface area is 197 Å². The zero-order valence-electron chi connectivity index (χ0n) is 18.6. The average molecular weight is 471 g/mol. The molecule has 9 nitrogen and oxygen atoms in total. The van der Waals surface area contributed by atoms with Gasteiger partial charge >= 0.3 is 0 Å². The highest BCUT2D eigenvalue weighted by Crippen LogP contribution is 2.47. The molecule has 0 radical (unpaired) electrons. The smallest absolute Gasteiger partial charge is 0.259 e. The van der Waals surface area contributed by atoms with Gasteiger partial charge in [0.15, 0.2) is 0 Å². The number of para-hydroxylation sites is 1. The Balaban J connectivity index is 1.75. The summed E-state index contributed by atoms with van der Waals surface area (Å²) in [5.74, 6) is -0.344. The van der Waals surface area contributed by atoms with Gasteiger partial charge in [0.05, 0.1) is 41.4 Å². The first-order chi connectivity index (χ1) is 16.9. The molecule has 1 aliphatic carbocycles. The SMILES string of the molecule is COc1ccc2[nH]c3c(c4c(c5c6ccccc6n([C@@H]6C[C@H](O)[C@@H](O)[C@H]6O)c35)C(=O)NC4=O)c2c1. The van der Waals surface area contributed by atoms with Crippen LogP contribution in [0.25, 0.3) is 43.6 Å². The van der Waals surface area contributed by atoms with Crippen molar-refractivity contribution in [2.75, 3.05) is 7.11 Å². The number of aromatic amines is 1. The van der Waals surface area contributed by atoms with Gasteiger partial charge in [-0.25, -0.2) is 0 Å². The van der Waals surface area contributed by atoms with Gasteiger partial charge < -0.3 is 29.6 Å². The summed E-state index contributed by atoms with van der Waals surface area (Å²) >= 11 is 0. The molecule has 2 aromatic heterocycles. The van der Waals surface area contributed by atoms with Gasteiger partial charge in [-0.1, -0.05) is 18.2 Å². The molecular formula is C26H21N3O6. The molecule has 0 spiro atoms. The number of fused-ring (bicyclic) bond motifs is 10. The van der Waals surface area contributed by atoms with E-state index in [-0.39, 0.29) is 12.0 Å². The Kier molecular flexibility index (Phi) is 3.98. The summed E-state index contributed by atoms with van der Waals surface area (Å²) in [5, 5.41) is 36.7. The standard InChI is InChI=1S/C26H21N3O6/c1-35-10-6-7-13-12(8-10)17-19-20(26(34)28-25(19)33)18-11-4-2-3-5-14(11)29(22(18)21(17)27-13)15-9-16(30)24(32)23(15)31/h2-8,15-16,23-24,27,30-32H,9H2,1H3,(H,28,33,34)/t15-,16+,23+,24-/m1/s1. The molecule has 9 heteroatoms. The highest BCUT2D eigenvalue weighted by molar-refractivity contribution is 6.39. The van der Waals surface area contributed by atoms with E-state index < -0.39 is 36.2 Å². The van der Waals surface area contributed by atoms with Crippen molar-refractivity contribution in [3.05, 3.63) is 53.6 Å². The third-order valence-corrected chi connectivity index (χ3v) is 7.54. The third-order valence-electron chi connectivity index (χ3n) is 7.54. The predicted molar refractivity (Wildman–Crippen MR) is 129 cm³/mol. The highest BCUT2D eigenvalue weighted by Gasteiger charge is 2.44. The van der Waals surface area contributed by atoms with Crippen molar-refractivity contribution in [2.45, 2.75) is 30.8 Å². The summed E-state index contributed by atoms with van der Waals surface area (Å²) in [6.07, 6.45) is -3.47. The van der Waals surface area contributed by atoms with Gasteiger partial charge in [-0.05, 0) is 30.7 Å². The van der Waals surface area contributed by atoms with Gasteiger partial charge in [-0.2, -0.15) is 0 Å². The molecule has 0 unspecified atom stereocenters. The molecule has 1 fully saturated rings. The summed E-state index contributed by atoms with van der Waals surface area (Å²) in [6.45, 7) is 0. The minimum atomic E-state index is -1.29. The molecule has 5 aromatic rings. The number of aliphatic hydroxyl groups excluding tert-OH is 3. The Bertz CT molecular complexity index is 1750. The minimum absolute atomic E-state index is 0.133. The van der Waals surface area contributed by atoms with Gasteiger partial charge in [0.2, 0.25) is 0 Å². The molecule has 176 valence electrons. The average Bonchev–Trinajstić information content (AvgIpc) is 3.55. The van der Waals surface area contributed by atoms with E-state index in [9.17, 15) is 24.9 Å². The molecule has 1 saturated carbocycles. The fourth-order valence-corrected chi connectivity index (χ4v) is 6.01. The van der Waals surface area contributed by atoms with E-state index in [1.807, 2.05) is 47.0 Å². The van der Waals surface area contributed by atoms with E-state index in [4.69, 9.17) is 4.74 Å². The van der Waals surface area contributed by atoms with Crippen LogP contribution in [0.15, 0.2) is 42.5 Å². The molecule has 35 heavy (non-hydrogen) atoms. The molecule has 0 saturated heterocycles. The molecule has 5 N–H and O–H groups in total. The van der Waals surface area contributed by atoms with Gasteiger partial charge in [-0.15, -0.1) is 0 Å². The number of benzene rings is 3. The molecular weight excluding hydrogens is 450 g/mol. The first-order valence-corrected chi connectivity index (χ1v) is 11.4. The number of aromatic nitrogens is 2. The van der Waals surface area contributed by atoms with Crippen LogP contribution < -0.4 is 10.1 Å². The highest BCUT2D eigenvalue weighted by atomic mass is 16.5. The summed E-state index contributed by atoms with van der Waals surface area (Å²) in [5.41, 5.74) is 3.32. The Morgan fingerprint density at radius 3 is 2.40 bits per heavy atom. The van der Waals surface area contributed by atoms with E-state index in [0.717, 1.165) is 21.8 Å². The Morgan fingerprint density at radius 1 is 0.943 bits per heavy atom. The van der Waals surface area contributed by atoms with Crippen LogP contribution in [-0.2, 0) is 0 Å². The molecule has 3 heterocycles. The maximum absolute atomic E-state index is 13.2. The van der Waals surface area contributed by atoms with Crippen LogP contribution in [0.4, 0.5) is 0 Å². The third kappa shape index (κ3) is 2.47. The Morgan fingerprint density at radius 2 is 1.69 bits per heavy atom. The maximum atomic E-state index is 13.2. The number of aliphatic hydroxyl groups is 3. The van der Waals surface area contributed by atoms with Crippen LogP contribution in [0.3, 0.4) is 0 Å². The number of ether oxygens (including phenoxy) is 1. The second-order valence-corrected chi connectivity index (χ2v) is 9.28. The number of nitrogens with zero attached hydrogens (tertiary/aromatic N) is 1. The van der Waals surface area contributed by atoms with Crippen molar-refractivity contribution >= 4 is 55.4 Å². The Hall–Kier alpha value is -3.92. The molecule has 4 atom stereocenters. The van der Waals surface area contributed by atoms with Gasteiger partial charge in [0, 0.05) is 32.6 Å². The molecule has 0 bridgehead atoms. The van der Waals surface area contributed by atoms with Crippen molar-refractivity contribution in [1.82, 2.24) is 14.9 Å². The predicted octanol–water partition coefficient (Wildman–Crippen LogP) is 2.35. The van der Waals surface area contributed by atoms with E-state index in [1.165, 1.54) is 0 Å². The van der Waals surface area contributed by atoms with Crippen LogP contribution in [-0.4, -0.2) is 62.1 Å². The van der Waals surface area contributed by atoms with Gasteiger partial charge in [0.25, 0.3) is 11.8 Å². The number of hydrogen-bond donors (Lipinski definition) is 5. The number of imide groups is 1. The number of carbonyl (C=O) groups is 2. The first kappa shape index (κ1) is 20.5. The van der Waals surface area contributed by atoms with E-state index in [0.29, 0.717) is 33.1 Å². The number of H-pyrrole nitrogens is 1. The largest absolute Gasteiger partial charge is 0.497 e. The first-order valence-electron chi connectivity index (χ1n) is 11.4. The zero-order valence-corrected chi connectivity index (χ0v) is 18.6. The molecule has 3 aromatic carbocycles. The van der Waals surface area contributed by atoms with Crippen LogP contribution >= 0.6 is 0 Å². The number of rotatable bonds is 2. The van der Waals surface area contributed by atoms with Gasteiger partial charge in [0.1, 0.15) is 18.0 Å². The topological polar surface area (TPSA) is 137 Å². The second-order valence-electron chi connectivity index (χ2n) is 9.28. The normalized spacial score (nSPS) is 24.2. The molecule has 1 aliphatic heterocycles. The number of hydrogen-bond acceptors (Lipinski definition) is 6. The lowest BCUT2D eigenvalue weighted by molar-refractivity contribution is -0.0241. The summed E-state index contributed by atoms with van der Waals surface area (Å²) in [6, 6.07) is 12.3. The summed E-state index contributed by atoms with van der Waals surface area (Å²) in [7, 11) is 1.56. The van der Waals surface area contributed by atoms with E-state index in [1.54, 1.807) is 7.11 Å². The van der Waals surface area contributed by atoms with Crippen LogP contribution in [0.1, 0.15) is 33.2 Å². The van der Waals surface area contributed by atoms with Crippen molar-refractivity contribution < 1.29 is 29.6 Å². The minimum Gasteiger partial charge on any atom is -0.497 e. The van der Waals surface area contributed by atoms with Crippen LogP contribution in [0.5, 0.6) is 5.75 Å². The fourth-order valence-electron chi connectivity index (χ4n) is 6.01. The van der Waals surface area contributed by atoms with Gasteiger partial charge in [-0.3, -0.25) is 14.9 Å². The number of methoxy groups -OCH3 is 1. The zero-order chi connectivity index (χ0) is 24.2. The lowest BCUT2D eigenvalue weighted by Crippen LogP contribution is -2.31. The second kappa shape index (κ2) is 6.82. The van der Waals surface area contributed by atoms with Crippen molar-refractivity contribution in [3.63, 3.8) is 0 Å². The van der Waals surface area contributed by atoms with Crippen LogP contribution in [0, 0.1) is 0 Å². The number of amides is 2. The molecule has 2 aliphatic rings. The number of carbonyl (C=O) groups excluding carboxylic acids is 2. The monoisotopic (exact) mass is 471 g/mol. The fraction of sp³-hybridized carbons (Fsp3) is 0.231. The quantitative estimate of drug-likeness (QED) is 0.251. The lowest BCUT2D eigenvalue weighted by Gasteiger charge is -2.21. The maximum Gasteiger partial charge on any atom is 0.259 e. The number of nitrogens with one attached hydrogen (secondary N) is 2. The summed E-state index contributed by atoms with van der Waals surface area (Å²) in [4.78, 5) is 29.7. The van der Waals surface area contributed by atoms with E-state index >= 15 is 0 Å². The lowest BCUT2D eigenvalue weighted by atomic mass is 9.96. The molecule has 2 amide bonds. The molecule has 7 rings (SSSR count). The van der Waals surface area contributed by atoms with E-state index in [2.05, 4.69) is 10.3 Å². The summed E-state index contributed by atoms with van der Waals surface area (Å²) < 4.78 is 7.30. The van der Waals surface area contributed by atoms with Crippen molar-refractivity contribution in [2.24, 2.45) is 0 Å². The van der Waals surface area contributed by atoms with Crippen molar-refractivity contribution in [3.8, 4) is 5.75 Å². The van der Waals surface area contributed by atoms with Crippen molar-refractivity contribution in [1.29, 1.82) is 0 Å².